The maximum atomic E-state index is 6.92. The molecule has 0 aromatic carbocycles. The zero-order chi connectivity index (χ0) is 26.6. The molecule has 0 spiro atoms. The van der Waals surface area contributed by atoms with Crippen LogP contribution >= 0.6 is 0 Å². The lowest BCUT2D eigenvalue weighted by Gasteiger charge is -2.03. The number of aromatic nitrogens is 4. The summed E-state index contributed by atoms with van der Waals surface area (Å²) in [6.45, 7) is 17.5. The molecule has 2 aliphatic rings. The molecule has 0 saturated carbocycles. The molecule has 5 heteroatoms. The third-order valence-electron chi connectivity index (χ3n) is 8.39. The summed E-state index contributed by atoms with van der Waals surface area (Å²) in [4.78, 5) is 17.6. The SMILES string of the molecule is CCC1=C(C)c2cc3[nH]c(cc4nc(c(N)c5[nH]c(cc1n2)c(C)c5CC)C(C)=C4CC)c(C)c3CC. The summed E-state index contributed by atoms with van der Waals surface area (Å²) in [5, 5.41) is 0. The summed E-state index contributed by atoms with van der Waals surface area (Å²) in [7, 11) is 0. The third kappa shape index (κ3) is 3.83. The van der Waals surface area contributed by atoms with E-state index < -0.39 is 0 Å². The van der Waals surface area contributed by atoms with Gasteiger partial charge in [0.05, 0.1) is 34.0 Å². The minimum absolute atomic E-state index is 0.716. The molecule has 3 aromatic heterocycles. The molecule has 5 rings (SSSR count). The van der Waals surface area contributed by atoms with E-state index in [0.717, 1.165) is 76.1 Å². The number of hydrogen-bond acceptors (Lipinski definition) is 3. The molecule has 0 unspecified atom stereocenters. The zero-order valence-electron chi connectivity index (χ0n) is 23.5. The molecule has 0 fully saturated rings. The summed E-state index contributed by atoms with van der Waals surface area (Å²) >= 11 is 0. The van der Waals surface area contributed by atoms with Crippen LogP contribution in [0.25, 0.3) is 44.4 Å². The lowest BCUT2D eigenvalue weighted by molar-refractivity contribution is 1.14. The van der Waals surface area contributed by atoms with E-state index in [1.807, 2.05) is 0 Å². The molecule has 5 heterocycles. The minimum Gasteiger partial charge on any atom is -0.395 e. The second kappa shape index (κ2) is 9.37. The van der Waals surface area contributed by atoms with Crippen molar-refractivity contribution < 1.29 is 0 Å². The maximum Gasteiger partial charge on any atom is 0.0920 e. The number of allylic oxidation sites excluding steroid dienone is 4. The van der Waals surface area contributed by atoms with Gasteiger partial charge in [0, 0.05) is 16.6 Å². The Hall–Kier alpha value is -3.60. The molecule has 4 N–H and O–H groups in total. The van der Waals surface area contributed by atoms with Gasteiger partial charge in [0.25, 0.3) is 0 Å². The van der Waals surface area contributed by atoms with E-state index in [1.165, 1.54) is 39.0 Å². The third-order valence-corrected chi connectivity index (χ3v) is 8.39. The van der Waals surface area contributed by atoms with Crippen LogP contribution in [0.3, 0.4) is 0 Å². The normalized spacial score (nSPS) is 13.7. The highest BCUT2D eigenvalue weighted by molar-refractivity contribution is 5.99. The molecular formula is C32H39N5. The van der Waals surface area contributed by atoms with Gasteiger partial charge in [-0.1, -0.05) is 27.7 Å². The standard InChI is InChI=1S/C32H39N5/c1-9-20-17(6)25-14-29-22(11-3)19(8)31(37-29)30(33)32-23(12-4)18(7)26(36-32)15-28-21(10-2)16(5)24(34-28)13-27(20)35-25/h13-15,35-36H,9-12,33H2,1-8H3. The number of aryl methyl sites for hydroxylation is 4. The van der Waals surface area contributed by atoms with Gasteiger partial charge in [-0.25, -0.2) is 9.97 Å². The number of fused-ring (bicyclic) bond motifs is 8. The van der Waals surface area contributed by atoms with E-state index in [0.29, 0.717) is 5.69 Å². The maximum absolute atomic E-state index is 6.92. The van der Waals surface area contributed by atoms with Gasteiger partial charge in [-0.2, -0.15) is 0 Å². The molecule has 0 saturated heterocycles. The van der Waals surface area contributed by atoms with E-state index in [-0.39, 0.29) is 0 Å². The van der Waals surface area contributed by atoms with E-state index in [1.54, 1.807) is 0 Å². The van der Waals surface area contributed by atoms with Gasteiger partial charge in [-0.3, -0.25) is 0 Å². The van der Waals surface area contributed by atoms with Crippen molar-refractivity contribution in [2.24, 2.45) is 0 Å². The summed E-state index contributed by atoms with van der Waals surface area (Å²) < 4.78 is 0. The fourth-order valence-electron chi connectivity index (χ4n) is 6.17. The Morgan fingerprint density at radius 1 is 0.622 bits per heavy atom. The van der Waals surface area contributed by atoms with E-state index in [9.17, 15) is 0 Å². The average Bonchev–Trinajstić information content (AvgIpc) is 3.56. The monoisotopic (exact) mass is 493 g/mol. The summed E-state index contributed by atoms with van der Waals surface area (Å²) in [5.41, 5.74) is 25.8. The molecule has 0 amide bonds. The summed E-state index contributed by atoms with van der Waals surface area (Å²) in [5.74, 6) is 0. The number of aromatic amines is 2. The number of anilines is 1. The second-order valence-electron chi connectivity index (χ2n) is 10.3. The fraction of sp³-hybridized carbons (Fsp3) is 0.375. The Kier molecular flexibility index (Phi) is 6.35. The lowest BCUT2D eigenvalue weighted by Crippen LogP contribution is -1.94. The van der Waals surface area contributed by atoms with Crippen molar-refractivity contribution in [3.63, 3.8) is 0 Å². The van der Waals surface area contributed by atoms with Gasteiger partial charge in [0.2, 0.25) is 0 Å². The van der Waals surface area contributed by atoms with Gasteiger partial charge >= 0.3 is 0 Å². The van der Waals surface area contributed by atoms with Gasteiger partial charge < -0.3 is 15.7 Å². The highest BCUT2D eigenvalue weighted by Gasteiger charge is 2.21. The molecule has 0 aliphatic carbocycles. The molecule has 2 aliphatic heterocycles. The number of nitrogens with zero attached hydrogens (tertiary/aromatic N) is 2. The van der Waals surface area contributed by atoms with Crippen molar-refractivity contribution in [2.45, 2.75) is 81.1 Å². The van der Waals surface area contributed by atoms with Crippen molar-refractivity contribution in [1.82, 2.24) is 19.9 Å². The minimum atomic E-state index is 0.716. The van der Waals surface area contributed by atoms with Crippen LogP contribution in [0.2, 0.25) is 0 Å². The topological polar surface area (TPSA) is 83.4 Å². The highest BCUT2D eigenvalue weighted by Crippen LogP contribution is 2.38. The van der Waals surface area contributed by atoms with Crippen LogP contribution in [0.1, 0.15) is 99.4 Å². The molecule has 0 atom stereocenters. The Morgan fingerprint density at radius 2 is 1.16 bits per heavy atom. The predicted molar refractivity (Wildman–Crippen MR) is 159 cm³/mol. The van der Waals surface area contributed by atoms with Crippen molar-refractivity contribution in [2.75, 3.05) is 5.73 Å². The second-order valence-corrected chi connectivity index (χ2v) is 10.3. The Labute approximate surface area is 220 Å². The smallest absolute Gasteiger partial charge is 0.0920 e. The predicted octanol–water partition coefficient (Wildman–Crippen LogP) is 8.32. The largest absolute Gasteiger partial charge is 0.395 e. The van der Waals surface area contributed by atoms with Crippen molar-refractivity contribution >= 4 is 50.0 Å². The van der Waals surface area contributed by atoms with Crippen LogP contribution in [-0.2, 0) is 12.8 Å². The Morgan fingerprint density at radius 3 is 1.78 bits per heavy atom. The van der Waals surface area contributed by atoms with Gasteiger partial charge in [-0.05, 0) is 116 Å². The first-order valence-electron chi connectivity index (χ1n) is 13.7. The van der Waals surface area contributed by atoms with Crippen molar-refractivity contribution in [3.05, 3.63) is 63.2 Å². The molecule has 0 radical (unpaired) electrons. The van der Waals surface area contributed by atoms with E-state index >= 15 is 0 Å². The number of hydrogen-bond donors (Lipinski definition) is 3. The van der Waals surface area contributed by atoms with Crippen LogP contribution in [0.4, 0.5) is 5.69 Å². The molecule has 37 heavy (non-hydrogen) atoms. The molecule has 5 nitrogen and oxygen atoms in total. The van der Waals surface area contributed by atoms with Crippen molar-refractivity contribution in [3.8, 4) is 0 Å². The van der Waals surface area contributed by atoms with E-state index in [2.05, 4.69) is 83.6 Å². The number of nitrogens with two attached hydrogens (primary N) is 1. The van der Waals surface area contributed by atoms with Gasteiger partial charge in [0.1, 0.15) is 0 Å². The van der Waals surface area contributed by atoms with Crippen molar-refractivity contribution in [1.29, 1.82) is 0 Å². The van der Waals surface area contributed by atoms with Gasteiger partial charge in [-0.15, -0.1) is 0 Å². The first-order chi connectivity index (χ1) is 17.7. The quantitative estimate of drug-likeness (QED) is 0.342. The molecular weight excluding hydrogens is 454 g/mol. The number of nitrogens with one attached hydrogen (secondary N) is 2. The molecule has 8 bridgehead atoms. The highest BCUT2D eigenvalue weighted by atomic mass is 14.8. The first kappa shape index (κ1) is 25.1. The van der Waals surface area contributed by atoms with Crippen LogP contribution < -0.4 is 5.73 Å². The van der Waals surface area contributed by atoms with Crippen LogP contribution in [-0.4, -0.2) is 19.9 Å². The van der Waals surface area contributed by atoms with Gasteiger partial charge in [0.15, 0.2) is 0 Å². The first-order valence-corrected chi connectivity index (χ1v) is 13.7. The Balaban J connectivity index is 2.03. The van der Waals surface area contributed by atoms with Crippen LogP contribution in [0, 0.1) is 13.8 Å². The summed E-state index contributed by atoms with van der Waals surface area (Å²) in [6.07, 6.45) is 3.68. The van der Waals surface area contributed by atoms with Crippen LogP contribution in [0.5, 0.6) is 0 Å². The number of rotatable bonds is 4. The zero-order valence-corrected chi connectivity index (χ0v) is 23.5. The average molecular weight is 494 g/mol. The number of nitrogen functional groups attached to an aromatic ring is 1. The fourth-order valence-corrected chi connectivity index (χ4v) is 6.17. The van der Waals surface area contributed by atoms with Crippen LogP contribution in [0.15, 0.2) is 18.2 Å². The molecule has 192 valence electrons. The van der Waals surface area contributed by atoms with E-state index in [4.69, 9.17) is 15.7 Å². The summed E-state index contributed by atoms with van der Waals surface area (Å²) in [6, 6.07) is 6.63. The lowest BCUT2D eigenvalue weighted by atomic mass is 10.0. The number of H-pyrrole nitrogens is 2. The Bertz CT molecular complexity index is 1660. The molecule has 3 aromatic rings.